The van der Waals surface area contributed by atoms with Crippen molar-refractivity contribution in [3.63, 3.8) is 0 Å². The molecule has 0 spiro atoms. The Bertz CT molecular complexity index is 582. The minimum absolute atomic E-state index is 0.273. The van der Waals surface area contributed by atoms with Crippen LogP contribution in [0.5, 0.6) is 0 Å². The van der Waals surface area contributed by atoms with Crippen LogP contribution in [0.3, 0.4) is 0 Å². The zero-order chi connectivity index (χ0) is 17.0. The van der Waals surface area contributed by atoms with Crippen LogP contribution in [0, 0.1) is 0 Å². The van der Waals surface area contributed by atoms with Crippen LogP contribution in [0.1, 0.15) is 28.8 Å². The number of ether oxygens (including phenoxy) is 1. The molecule has 0 radical (unpaired) electrons. The lowest BCUT2D eigenvalue weighted by molar-refractivity contribution is -0.137. The molecule has 126 valence electrons. The van der Waals surface area contributed by atoms with Crippen LogP contribution in [-0.4, -0.2) is 43.1 Å². The summed E-state index contributed by atoms with van der Waals surface area (Å²) in [7, 11) is 1.28. The Kier molecular flexibility index (Phi) is 5.12. The number of alkyl halides is 3. The van der Waals surface area contributed by atoms with Crippen molar-refractivity contribution in [1.82, 2.24) is 10.2 Å². The summed E-state index contributed by atoms with van der Waals surface area (Å²) in [5, 5.41) is 2.61. The molecule has 1 aliphatic heterocycles. The molecule has 0 atom stereocenters. The van der Waals surface area contributed by atoms with E-state index in [1.165, 1.54) is 24.1 Å². The third-order valence-corrected chi connectivity index (χ3v) is 3.74. The van der Waals surface area contributed by atoms with Crippen molar-refractivity contribution < 1.29 is 27.5 Å². The van der Waals surface area contributed by atoms with E-state index < -0.39 is 29.3 Å². The average Bonchev–Trinajstić information content (AvgIpc) is 2.54. The molecule has 8 heteroatoms. The number of benzene rings is 1. The highest BCUT2D eigenvalue weighted by Crippen LogP contribution is 2.31. The lowest BCUT2D eigenvalue weighted by Gasteiger charge is -2.31. The van der Waals surface area contributed by atoms with E-state index in [0.717, 1.165) is 12.1 Å². The van der Waals surface area contributed by atoms with Crippen molar-refractivity contribution in [3.8, 4) is 0 Å². The van der Waals surface area contributed by atoms with Crippen LogP contribution in [0.4, 0.5) is 18.0 Å². The van der Waals surface area contributed by atoms with E-state index in [4.69, 9.17) is 0 Å². The van der Waals surface area contributed by atoms with Crippen molar-refractivity contribution >= 4 is 12.0 Å². The largest absolute Gasteiger partial charge is 0.453 e. The summed E-state index contributed by atoms with van der Waals surface area (Å²) in [6, 6.07) is 4.40. The lowest BCUT2D eigenvalue weighted by atomic mass is 10.0. The molecule has 1 fully saturated rings. The van der Waals surface area contributed by atoms with Crippen LogP contribution >= 0.6 is 0 Å². The molecule has 2 amide bonds. The van der Waals surface area contributed by atoms with Gasteiger partial charge in [-0.15, -0.1) is 0 Å². The first-order chi connectivity index (χ1) is 10.8. The molecule has 1 aromatic rings. The summed E-state index contributed by atoms with van der Waals surface area (Å²) in [6.07, 6.45) is -4.09. The van der Waals surface area contributed by atoms with Crippen LogP contribution in [0.2, 0.25) is 0 Å². The number of nitrogens with zero attached hydrogens (tertiary/aromatic N) is 1. The van der Waals surface area contributed by atoms with Crippen LogP contribution < -0.4 is 5.32 Å². The van der Waals surface area contributed by atoms with Crippen molar-refractivity contribution in [2.45, 2.75) is 25.1 Å². The highest BCUT2D eigenvalue weighted by molar-refractivity contribution is 5.96. The number of halogens is 3. The Morgan fingerprint density at radius 2 is 1.83 bits per heavy atom. The topological polar surface area (TPSA) is 58.6 Å². The van der Waals surface area contributed by atoms with Gasteiger partial charge in [0, 0.05) is 19.1 Å². The van der Waals surface area contributed by atoms with E-state index >= 15 is 0 Å². The molecule has 2 rings (SSSR count). The van der Waals surface area contributed by atoms with E-state index in [-0.39, 0.29) is 6.04 Å². The van der Waals surface area contributed by atoms with Gasteiger partial charge in [-0.2, -0.15) is 13.2 Å². The van der Waals surface area contributed by atoms with Gasteiger partial charge in [0.05, 0.1) is 18.2 Å². The third-order valence-electron chi connectivity index (χ3n) is 3.74. The van der Waals surface area contributed by atoms with E-state index in [9.17, 15) is 22.8 Å². The number of carbonyl (C=O) groups excluding carboxylic acids is 2. The summed E-state index contributed by atoms with van der Waals surface area (Å²) in [5.74, 6) is -0.755. The fourth-order valence-electron chi connectivity index (χ4n) is 2.53. The maximum Gasteiger partial charge on any atom is 0.417 e. The minimum Gasteiger partial charge on any atom is -0.453 e. The summed E-state index contributed by atoms with van der Waals surface area (Å²) >= 11 is 0. The van der Waals surface area contributed by atoms with Gasteiger partial charge in [0.1, 0.15) is 0 Å². The van der Waals surface area contributed by atoms with Gasteiger partial charge in [-0.1, -0.05) is 12.1 Å². The van der Waals surface area contributed by atoms with E-state index in [0.29, 0.717) is 25.9 Å². The smallest absolute Gasteiger partial charge is 0.417 e. The molecule has 0 bridgehead atoms. The number of likely N-dealkylation sites (tertiary alicyclic amines) is 1. The minimum atomic E-state index is -4.58. The second kappa shape index (κ2) is 6.89. The Morgan fingerprint density at radius 1 is 1.22 bits per heavy atom. The number of rotatable bonds is 2. The standard InChI is InChI=1S/C15H17F3N2O3/c1-23-14(22)20-8-6-10(7-9-20)19-13(21)11-4-2-3-5-12(11)15(16,17)18/h2-5,10H,6-9H2,1H3,(H,19,21). The van der Waals surface area contributed by atoms with Crippen LogP contribution in [0.15, 0.2) is 24.3 Å². The second-order valence-corrected chi connectivity index (χ2v) is 5.25. The summed E-state index contributed by atoms with van der Waals surface area (Å²) in [6.45, 7) is 0.775. The van der Waals surface area contributed by atoms with Crippen molar-refractivity contribution in [2.24, 2.45) is 0 Å². The number of amides is 2. The van der Waals surface area contributed by atoms with Gasteiger partial charge >= 0.3 is 12.3 Å². The van der Waals surface area contributed by atoms with Gasteiger partial charge < -0.3 is 15.0 Å². The molecule has 1 aliphatic rings. The van der Waals surface area contributed by atoms with Gasteiger partial charge in [-0.25, -0.2) is 4.79 Å². The number of nitrogens with one attached hydrogen (secondary N) is 1. The molecular formula is C15H17F3N2O3. The first-order valence-corrected chi connectivity index (χ1v) is 7.13. The summed E-state index contributed by atoms with van der Waals surface area (Å²) in [4.78, 5) is 25.0. The Morgan fingerprint density at radius 3 is 2.39 bits per heavy atom. The van der Waals surface area contributed by atoms with Crippen molar-refractivity contribution in [1.29, 1.82) is 0 Å². The van der Waals surface area contributed by atoms with E-state index in [1.807, 2.05) is 0 Å². The first-order valence-electron chi connectivity index (χ1n) is 7.13. The molecule has 1 heterocycles. The van der Waals surface area contributed by atoms with Gasteiger partial charge in [0.25, 0.3) is 5.91 Å². The normalized spacial score (nSPS) is 16.1. The molecule has 1 N–H and O–H groups in total. The van der Waals surface area contributed by atoms with Crippen molar-refractivity contribution in [2.75, 3.05) is 20.2 Å². The molecular weight excluding hydrogens is 313 g/mol. The predicted octanol–water partition coefficient (Wildman–Crippen LogP) is 2.67. The number of hydrogen-bond donors (Lipinski definition) is 1. The highest BCUT2D eigenvalue weighted by atomic mass is 19.4. The quantitative estimate of drug-likeness (QED) is 0.907. The maximum atomic E-state index is 12.9. The summed E-state index contributed by atoms with van der Waals surface area (Å²) in [5.41, 5.74) is -1.35. The van der Waals surface area contributed by atoms with Crippen LogP contribution in [0.25, 0.3) is 0 Å². The molecule has 0 unspecified atom stereocenters. The fraction of sp³-hybridized carbons (Fsp3) is 0.467. The number of carbonyl (C=O) groups is 2. The average molecular weight is 330 g/mol. The zero-order valence-electron chi connectivity index (χ0n) is 12.5. The number of hydrogen-bond acceptors (Lipinski definition) is 3. The second-order valence-electron chi connectivity index (χ2n) is 5.25. The Hall–Kier alpha value is -2.25. The number of piperidine rings is 1. The Labute approximate surface area is 131 Å². The number of methoxy groups -OCH3 is 1. The highest BCUT2D eigenvalue weighted by Gasteiger charge is 2.35. The van der Waals surface area contributed by atoms with E-state index in [2.05, 4.69) is 10.1 Å². The molecule has 23 heavy (non-hydrogen) atoms. The van der Waals surface area contributed by atoms with Gasteiger partial charge in [-0.05, 0) is 25.0 Å². The van der Waals surface area contributed by atoms with E-state index in [1.54, 1.807) is 0 Å². The van der Waals surface area contributed by atoms with Crippen LogP contribution in [-0.2, 0) is 10.9 Å². The fourth-order valence-corrected chi connectivity index (χ4v) is 2.53. The molecule has 0 aromatic heterocycles. The maximum absolute atomic E-state index is 12.9. The van der Waals surface area contributed by atoms with Crippen molar-refractivity contribution in [3.05, 3.63) is 35.4 Å². The molecule has 1 saturated heterocycles. The SMILES string of the molecule is COC(=O)N1CCC(NC(=O)c2ccccc2C(F)(F)F)CC1. The van der Waals surface area contributed by atoms with Gasteiger partial charge in [0.15, 0.2) is 0 Å². The third kappa shape index (κ3) is 4.14. The predicted molar refractivity (Wildman–Crippen MR) is 75.9 cm³/mol. The molecule has 5 nitrogen and oxygen atoms in total. The Balaban J connectivity index is 2.00. The first kappa shape index (κ1) is 17.1. The molecule has 1 aromatic carbocycles. The monoisotopic (exact) mass is 330 g/mol. The molecule has 0 aliphatic carbocycles. The molecule has 0 saturated carbocycles. The summed E-state index contributed by atoms with van der Waals surface area (Å²) < 4.78 is 43.4. The van der Waals surface area contributed by atoms with Gasteiger partial charge in [0.2, 0.25) is 0 Å². The lowest BCUT2D eigenvalue weighted by Crippen LogP contribution is -2.46. The van der Waals surface area contributed by atoms with Gasteiger partial charge in [-0.3, -0.25) is 4.79 Å². The zero-order valence-corrected chi connectivity index (χ0v) is 12.5.